The van der Waals surface area contributed by atoms with E-state index in [0.717, 1.165) is 0 Å². The summed E-state index contributed by atoms with van der Waals surface area (Å²) in [6.45, 7) is 3.56. The van der Waals surface area contributed by atoms with Crippen LogP contribution in [0.15, 0.2) is 12.1 Å². The van der Waals surface area contributed by atoms with E-state index in [-0.39, 0.29) is 23.7 Å². The predicted octanol–water partition coefficient (Wildman–Crippen LogP) is 2.66. The van der Waals surface area contributed by atoms with Crippen molar-refractivity contribution in [2.75, 3.05) is 6.61 Å². The molecule has 17 heavy (non-hydrogen) atoms. The highest BCUT2D eigenvalue weighted by Crippen LogP contribution is 2.27. The quantitative estimate of drug-likeness (QED) is 0.472. The molecule has 0 spiro atoms. The Morgan fingerprint density at radius 1 is 1.53 bits per heavy atom. The molecule has 0 saturated heterocycles. The van der Waals surface area contributed by atoms with E-state index < -0.39 is 10.9 Å². The Morgan fingerprint density at radius 3 is 2.71 bits per heavy atom. The van der Waals surface area contributed by atoms with Crippen LogP contribution in [0.25, 0.3) is 0 Å². The first-order chi connectivity index (χ1) is 7.95. The van der Waals surface area contributed by atoms with E-state index in [9.17, 15) is 14.9 Å². The Bertz CT molecular complexity index is 459. The molecule has 0 bridgehead atoms. The lowest BCUT2D eigenvalue weighted by molar-refractivity contribution is -0.385. The van der Waals surface area contributed by atoms with Gasteiger partial charge in [0.1, 0.15) is 0 Å². The molecule has 0 saturated carbocycles. The number of hydrogen-bond donors (Lipinski definition) is 0. The van der Waals surface area contributed by atoms with E-state index >= 15 is 0 Å². The van der Waals surface area contributed by atoms with Gasteiger partial charge >= 0.3 is 5.97 Å². The summed E-state index contributed by atoms with van der Waals surface area (Å²) in [6.07, 6.45) is -0.0128. The molecule has 0 aliphatic heterocycles. The summed E-state index contributed by atoms with van der Waals surface area (Å²) in [4.78, 5) is 21.6. The Morgan fingerprint density at radius 2 is 2.18 bits per heavy atom. The minimum absolute atomic E-state index is 0.0128. The molecular weight excluding hydrogens is 246 g/mol. The SMILES string of the molecule is CCOC(=O)Cc1cc(Cl)cc([N+](=O)[O-])c1C. The second kappa shape index (κ2) is 5.63. The second-order valence-corrected chi connectivity index (χ2v) is 3.88. The van der Waals surface area contributed by atoms with Gasteiger partial charge in [-0.25, -0.2) is 0 Å². The number of esters is 1. The fourth-order valence-corrected chi connectivity index (χ4v) is 1.70. The number of rotatable bonds is 4. The van der Waals surface area contributed by atoms with E-state index in [1.165, 1.54) is 6.07 Å². The van der Waals surface area contributed by atoms with Crippen LogP contribution in [-0.2, 0) is 16.0 Å². The van der Waals surface area contributed by atoms with Crippen molar-refractivity contribution in [3.63, 3.8) is 0 Å². The number of halogens is 1. The molecule has 0 aromatic heterocycles. The maximum atomic E-state index is 11.3. The summed E-state index contributed by atoms with van der Waals surface area (Å²) in [5, 5.41) is 11.0. The average molecular weight is 258 g/mol. The molecular formula is C11H12ClNO4. The predicted molar refractivity (Wildman–Crippen MR) is 63.2 cm³/mol. The highest BCUT2D eigenvalue weighted by atomic mass is 35.5. The fraction of sp³-hybridized carbons (Fsp3) is 0.364. The summed E-state index contributed by atoms with van der Waals surface area (Å²) in [5.74, 6) is -0.424. The zero-order valence-electron chi connectivity index (χ0n) is 9.53. The van der Waals surface area contributed by atoms with Crippen molar-refractivity contribution in [2.24, 2.45) is 0 Å². The molecule has 6 heteroatoms. The van der Waals surface area contributed by atoms with Crippen molar-refractivity contribution in [3.8, 4) is 0 Å². The second-order valence-electron chi connectivity index (χ2n) is 3.45. The van der Waals surface area contributed by atoms with Gasteiger partial charge in [0.15, 0.2) is 0 Å². The van der Waals surface area contributed by atoms with Gasteiger partial charge in [-0.2, -0.15) is 0 Å². The van der Waals surface area contributed by atoms with Crippen molar-refractivity contribution in [1.29, 1.82) is 0 Å². The van der Waals surface area contributed by atoms with Crippen LogP contribution < -0.4 is 0 Å². The lowest BCUT2D eigenvalue weighted by Crippen LogP contribution is -2.09. The van der Waals surface area contributed by atoms with Gasteiger partial charge in [0.25, 0.3) is 5.69 Å². The van der Waals surface area contributed by atoms with E-state index in [1.54, 1.807) is 19.9 Å². The van der Waals surface area contributed by atoms with E-state index in [2.05, 4.69) is 0 Å². The molecule has 92 valence electrons. The van der Waals surface area contributed by atoms with E-state index in [4.69, 9.17) is 16.3 Å². The third-order valence-corrected chi connectivity index (χ3v) is 2.51. The van der Waals surface area contributed by atoms with Crippen molar-refractivity contribution in [3.05, 3.63) is 38.4 Å². The molecule has 0 atom stereocenters. The molecule has 0 radical (unpaired) electrons. The number of carbonyl (C=O) groups excluding carboxylic acids is 1. The van der Waals surface area contributed by atoms with E-state index in [1.807, 2.05) is 0 Å². The van der Waals surface area contributed by atoms with Gasteiger partial charge in [0, 0.05) is 16.7 Å². The zero-order valence-corrected chi connectivity index (χ0v) is 10.3. The first-order valence-corrected chi connectivity index (χ1v) is 5.42. The first-order valence-electron chi connectivity index (χ1n) is 5.04. The third kappa shape index (κ3) is 3.42. The molecule has 1 rings (SSSR count). The molecule has 0 fully saturated rings. The summed E-state index contributed by atoms with van der Waals surface area (Å²) < 4.78 is 4.79. The molecule has 0 N–H and O–H groups in total. The van der Waals surface area contributed by atoms with Crippen LogP contribution in [0.3, 0.4) is 0 Å². The molecule has 5 nitrogen and oxygen atoms in total. The van der Waals surface area contributed by atoms with Crippen LogP contribution in [0.2, 0.25) is 5.02 Å². The smallest absolute Gasteiger partial charge is 0.310 e. The van der Waals surface area contributed by atoms with Gasteiger partial charge in [0.05, 0.1) is 18.0 Å². The standard InChI is InChI=1S/C11H12ClNO4/c1-3-17-11(14)5-8-4-9(12)6-10(7(8)2)13(15)16/h4,6H,3,5H2,1-2H3. The van der Waals surface area contributed by atoms with Crippen LogP contribution >= 0.6 is 11.6 Å². The van der Waals surface area contributed by atoms with E-state index in [0.29, 0.717) is 11.1 Å². The minimum Gasteiger partial charge on any atom is -0.466 e. The molecule has 0 aliphatic rings. The number of carbonyl (C=O) groups is 1. The largest absolute Gasteiger partial charge is 0.466 e. The molecule has 0 amide bonds. The highest BCUT2D eigenvalue weighted by Gasteiger charge is 2.17. The third-order valence-electron chi connectivity index (χ3n) is 2.29. The van der Waals surface area contributed by atoms with Gasteiger partial charge in [-0.3, -0.25) is 14.9 Å². The Kier molecular flexibility index (Phi) is 4.45. The Balaban J connectivity index is 3.07. The van der Waals surface area contributed by atoms with Crippen LogP contribution in [0.1, 0.15) is 18.1 Å². The van der Waals surface area contributed by atoms with Crippen LogP contribution in [0.4, 0.5) is 5.69 Å². The number of benzene rings is 1. The van der Waals surface area contributed by atoms with Crippen molar-refractivity contribution < 1.29 is 14.5 Å². The summed E-state index contributed by atoms with van der Waals surface area (Å²) in [6, 6.07) is 2.81. The number of ether oxygens (including phenoxy) is 1. The van der Waals surface area contributed by atoms with Gasteiger partial charge in [-0.15, -0.1) is 0 Å². The summed E-state index contributed by atoms with van der Waals surface area (Å²) in [7, 11) is 0. The maximum absolute atomic E-state index is 11.3. The van der Waals surface area contributed by atoms with Crippen LogP contribution in [-0.4, -0.2) is 17.5 Å². The molecule has 0 unspecified atom stereocenters. The topological polar surface area (TPSA) is 69.4 Å². The van der Waals surface area contributed by atoms with Crippen LogP contribution in [0.5, 0.6) is 0 Å². The summed E-state index contributed by atoms with van der Waals surface area (Å²) in [5.41, 5.74) is 0.868. The minimum atomic E-state index is -0.518. The highest BCUT2D eigenvalue weighted by molar-refractivity contribution is 6.30. The zero-order chi connectivity index (χ0) is 13.0. The number of nitrogens with zero attached hydrogens (tertiary/aromatic N) is 1. The van der Waals surface area contributed by atoms with Gasteiger partial charge < -0.3 is 4.74 Å². The maximum Gasteiger partial charge on any atom is 0.310 e. The average Bonchev–Trinajstić information content (AvgIpc) is 2.22. The van der Waals surface area contributed by atoms with Gasteiger partial charge in [0.2, 0.25) is 0 Å². The molecule has 0 heterocycles. The molecule has 1 aromatic carbocycles. The molecule has 1 aromatic rings. The number of nitro benzene ring substituents is 1. The number of hydrogen-bond acceptors (Lipinski definition) is 4. The monoisotopic (exact) mass is 257 g/mol. The lowest BCUT2D eigenvalue weighted by Gasteiger charge is -2.07. The fourth-order valence-electron chi connectivity index (χ4n) is 1.46. The number of nitro groups is 1. The van der Waals surface area contributed by atoms with Crippen LogP contribution in [0, 0.1) is 17.0 Å². The van der Waals surface area contributed by atoms with Gasteiger partial charge in [-0.1, -0.05) is 11.6 Å². The Hall–Kier alpha value is -1.62. The van der Waals surface area contributed by atoms with Crippen molar-refractivity contribution >= 4 is 23.3 Å². The lowest BCUT2D eigenvalue weighted by atomic mass is 10.0. The van der Waals surface area contributed by atoms with Crippen molar-refractivity contribution in [2.45, 2.75) is 20.3 Å². The molecule has 0 aliphatic carbocycles. The first kappa shape index (κ1) is 13.4. The Labute approximate surface area is 103 Å². The summed E-state index contributed by atoms with van der Waals surface area (Å²) >= 11 is 5.77. The van der Waals surface area contributed by atoms with Gasteiger partial charge in [-0.05, 0) is 25.5 Å². The normalized spacial score (nSPS) is 10.1. The van der Waals surface area contributed by atoms with Crippen molar-refractivity contribution in [1.82, 2.24) is 0 Å².